The summed E-state index contributed by atoms with van der Waals surface area (Å²) in [6, 6.07) is 0. The van der Waals surface area contributed by atoms with E-state index in [9.17, 15) is 0 Å². The third-order valence-electron chi connectivity index (χ3n) is 0. The largest absolute Gasteiger partial charge is 0.245 e. The van der Waals surface area contributed by atoms with Crippen LogP contribution in [0.5, 0.6) is 0 Å². The molecule has 0 aromatic rings. The molecular formula is C4H8ClPd-. The van der Waals surface area contributed by atoms with Crippen molar-refractivity contribution in [3.63, 3.8) is 0 Å². The van der Waals surface area contributed by atoms with E-state index in [2.05, 4.69) is 25.1 Å². The van der Waals surface area contributed by atoms with Crippen molar-refractivity contribution in [2.45, 2.75) is 0 Å². The van der Waals surface area contributed by atoms with Crippen molar-refractivity contribution in [2.24, 2.45) is 0 Å². The molecule has 0 saturated carbocycles. The fraction of sp³-hybridized carbons (Fsp3) is 0.250. The Morgan fingerprint density at radius 1 is 1.67 bits per heavy atom. The van der Waals surface area contributed by atoms with Crippen LogP contribution < -0.4 is 0 Å². The molecule has 0 fully saturated rings. The maximum absolute atomic E-state index is 4.64. The van der Waals surface area contributed by atoms with Gasteiger partial charge in [0.25, 0.3) is 0 Å². The van der Waals surface area contributed by atoms with Crippen LogP contribution in [0.2, 0.25) is 0 Å². The smallest absolute Gasteiger partial charge is 0.0108 e. The van der Waals surface area contributed by atoms with E-state index in [1.54, 1.807) is 0 Å². The van der Waals surface area contributed by atoms with Crippen LogP contribution in [0.4, 0.5) is 0 Å². The molecule has 0 rings (SSSR count). The number of alkyl halides is 1. The van der Waals surface area contributed by atoms with Crippen LogP contribution in [0.1, 0.15) is 0 Å². The molecule has 2 heteroatoms. The Labute approximate surface area is 58.2 Å². The maximum atomic E-state index is 4.64. The van der Waals surface area contributed by atoms with Gasteiger partial charge in [0.05, 0.1) is 0 Å². The molecule has 0 spiro atoms. The minimum absolute atomic E-state index is 0. The van der Waals surface area contributed by atoms with Crippen molar-refractivity contribution in [1.29, 1.82) is 0 Å². The van der Waals surface area contributed by atoms with Crippen molar-refractivity contribution >= 4 is 11.6 Å². The predicted molar refractivity (Wildman–Crippen MR) is 27.3 cm³/mol. The molecule has 0 atom stereocenters. The summed E-state index contributed by atoms with van der Waals surface area (Å²) in [5.41, 5.74) is 0. The second-order valence-corrected chi connectivity index (χ2v) is 0.289. The Balaban J connectivity index is -0.0000000275. The molecule has 0 aromatic heterocycles. The first kappa shape index (κ1) is 16.0. The Hall–Kier alpha value is 0.562. The van der Waals surface area contributed by atoms with Crippen LogP contribution in [0.3, 0.4) is 0 Å². The first-order valence-corrected chi connectivity index (χ1v) is 1.95. The number of hydrogen-bond acceptors (Lipinski definition) is 0. The van der Waals surface area contributed by atoms with Gasteiger partial charge >= 0.3 is 0 Å². The number of halogens is 1. The zero-order chi connectivity index (χ0) is 4.71. The van der Waals surface area contributed by atoms with Crippen LogP contribution in [-0.2, 0) is 20.4 Å². The van der Waals surface area contributed by atoms with Gasteiger partial charge in [-0.1, -0.05) is 0 Å². The first-order chi connectivity index (χ1) is 2.41. The SMILES string of the molecule is C=C[CH2-].CCl.[Pd]. The van der Waals surface area contributed by atoms with E-state index >= 15 is 0 Å². The van der Waals surface area contributed by atoms with Crippen LogP contribution in [0.25, 0.3) is 0 Å². The molecular weight excluding hydrogens is 190 g/mol. The quantitative estimate of drug-likeness (QED) is 0.316. The Kier molecular flexibility index (Phi) is 126. The van der Waals surface area contributed by atoms with E-state index in [1.807, 2.05) is 0 Å². The Bertz CT molecular complexity index is 15.0. The van der Waals surface area contributed by atoms with Gasteiger partial charge in [-0.2, -0.15) is 0 Å². The molecule has 0 aliphatic rings. The van der Waals surface area contributed by atoms with Crippen LogP contribution in [0.15, 0.2) is 12.7 Å². The Morgan fingerprint density at radius 2 is 1.67 bits per heavy atom. The standard InChI is InChI=1S/C3H5.CH3Cl.Pd/c1-3-2;1-2;/h3H,1-2H2;1H3;/q-1;;. The Morgan fingerprint density at radius 3 is 1.67 bits per heavy atom. The molecule has 0 unspecified atom stereocenters. The average Bonchev–Trinajstić information content (AvgIpc) is 1.46. The zero-order valence-electron chi connectivity index (χ0n) is 3.69. The van der Waals surface area contributed by atoms with Gasteiger partial charge in [0.1, 0.15) is 0 Å². The second kappa shape index (κ2) is 47.4. The normalized spacial score (nSPS) is 3.00. The summed E-state index contributed by atoms with van der Waals surface area (Å²) in [5.74, 6) is 0. The van der Waals surface area contributed by atoms with E-state index in [0.717, 1.165) is 0 Å². The fourth-order valence-electron chi connectivity index (χ4n) is 0. The van der Waals surface area contributed by atoms with Gasteiger partial charge in [-0.15, -0.1) is 11.6 Å². The van der Waals surface area contributed by atoms with Crippen LogP contribution in [-0.4, -0.2) is 6.38 Å². The maximum Gasteiger partial charge on any atom is 0.0108 e. The van der Waals surface area contributed by atoms with Gasteiger partial charge in [-0.05, 0) is 0 Å². The molecule has 0 N–H and O–H groups in total. The molecule has 0 aliphatic heterocycles. The second-order valence-electron chi connectivity index (χ2n) is 0.289. The molecule has 0 heterocycles. The van der Waals surface area contributed by atoms with Crippen molar-refractivity contribution in [3.05, 3.63) is 19.6 Å². The minimum Gasteiger partial charge on any atom is -0.245 e. The average molecular weight is 198 g/mol. The van der Waals surface area contributed by atoms with Crippen molar-refractivity contribution < 1.29 is 20.4 Å². The fourth-order valence-corrected chi connectivity index (χ4v) is 0. The number of allylic oxidation sites excluding steroid dienone is 1. The van der Waals surface area contributed by atoms with Gasteiger partial charge in [-0.3, -0.25) is 0 Å². The topological polar surface area (TPSA) is 0 Å². The van der Waals surface area contributed by atoms with Gasteiger partial charge in [0.15, 0.2) is 0 Å². The minimum atomic E-state index is 0. The summed E-state index contributed by atoms with van der Waals surface area (Å²) in [4.78, 5) is 0. The summed E-state index contributed by atoms with van der Waals surface area (Å²) in [5, 5.41) is 0. The van der Waals surface area contributed by atoms with Crippen molar-refractivity contribution in [3.8, 4) is 0 Å². The summed E-state index contributed by atoms with van der Waals surface area (Å²) >= 11 is 4.64. The summed E-state index contributed by atoms with van der Waals surface area (Å²) in [6.07, 6.45) is 2.97. The summed E-state index contributed by atoms with van der Waals surface area (Å²) in [7, 11) is 0. The molecule has 0 saturated heterocycles. The van der Waals surface area contributed by atoms with E-state index < -0.39 is 0 Å². The molecule has 0 amide bonds. The molecule has 0 aromatic carbocycles. The van der Waals surface area contributed by atoms with Crippen LogP contribution in [0, 0.1) is 6.92 Å². The number of rotatable bonds is 0. The molecule has 6 heavy (non-hydrogen) atoms. The molecule has 0 aliphatic carbocycles. The third-order valence-corrected chi connectivity index (χ3v) is 0. The summed E-state index contributed by atoms with van der Waals surface area (Å²) < 4.78 is 0. The van der Waals surface area contributed by atoms with Crippen LogP contribution >= 0.6 is 11.6 Å². The summed E-state index contributed by atoms with van der Waals surface area (Å²) in [6.45, 7) is 6.50. The van der Waals surface area contributed by atoms with E-state index in [4.69, 9.17) is 0 Å². The predicted octanol–water partition coefficient (Wildman–Crippen LogP) is 1.86. The van der Waals surface area contributed by atoms with Gasteiger partial charge in [0.2, 0.25) is 0 Å². The van der Waals surface area contributed by atoms with E-state index in [0.29, 0.717) is 0 Å². The first-order valence-electron chi connectivity index (χ1n) is 1.19. The van der Waals surface area contributed by atoms with Gasteiger partial charge < -0.3 is 0 Å². The van der Waals surface area contributed by atoms with E-state index in [-0.39, 0.29) is 20.4 Å². The van der Waals surface area contributed by atoms with Gasteiger partial charge in [-0.25, -0.2) is 19.6 Å². The van der Waals surface area contributed by atoms with Crippen molar-refractivity contribution in [1.82, 2.24) is 0 Å². The molecule has 42 valence electrons. The molecule has 0 bridgehead atoms. The third kappa shape index (κ3) is 183. The monoisotopic (exact) mass is 197 g/mol. The number of hydrogen-bond donors (Lipinski definition) is 0. The van der Waals surface area contributed by atoms with E-state index in [1.165, 1.54) is 12.5 Å². The molecule has 0 nitrogen and oxygen atoms in total. The molecule has 0 radical (unpaired) electrons. The zero-order valence-corrected chi connectivity index (χ0v) is 6.00. The van der Waals surface area contributed by atoms with Crippen molar-refractivity contribution in [2.75, 3.05) is 6.38 Å². The van der Waals surface area contributed by atoms with Gasteiger partial charge in [0, 0.05) is 26.8 Å².